The van der Waals surface area contributed by atoms with Gasteiger partial charge in [0.15, 0.2) is 5.58 Å². The Bertz CT molecular complexity index is 655. The Kier molecular flexibility index (Phi) is 3.76. The lowest BCUT2D eigenvalue weighted by molar-refractivity contribution is 0.254. The van der Waals surface area contributed by atoms with Crippen molar-refractivity contribution in [1.29, 1.82) is 0 Å². The molecular weight excluding hydrogens is 256 g/mol. The molecule has 0 saturated carbocycles. The van der Waals surface area contributed by atoms with Gasteiger partial charge in [-0.15, -0.1) is 0 Å². The number of nitrogens with zero attached hydrogens (tertiary/aromatic N) is 1. The molecule has 0 fully saturated rings. The van der Waals surface area contributed by atoms with Crippen LogP contribution in [0.2, 0.25) is 0 Å². The van der Waals surface area contributed by atoms with Crippen molar-refractivity contribution >= 4 is 22.5 Å². The Morgan fingerprint density at radius 3 is 2.75 bits per heavy atom. The molecule has 2 aromatic rings. The number of H-pyrrole nitrogens is 1. The molecule has 0 aliphatic rings. The molecule has 20 heavy (non-hydrogen) atoms. The number of hydrogen-bond acceptors (Lipinski definition) is 5. The molecule has 0 bridgehead atoms. The zero-order valence-corrected chi connectivity index (χ0v) is 12.4. The van der Waals surface area contributed by atoms with Gasteiger partial charge in [0.25, 0.3) is 0 Å². The summed E-state index contributed by atoms with van der Waals surface area (Å²) in [6.07, 6.45) is 0. The number of rotatable bonds is 5. The number of anilines is 2. The van der Waals surface area contributed by atoms with E-state index in [1.165, 1.54) is 0 Å². The molecule has 0 aliphatic heterocycles. The lowest BCUT2D eigenvalue weighted by Gasteiger charge is -2.29. The van der Waals surface area contributed by atoms with Gasteiger partial charge < -0.3 is 20.4 Å². The molecule has 0 aliphatic carbocycles. The van der Waals surface area contributed by atoms with E-state index in [2.05, 4.69) is 43.1 Å². The van der Waals surface area contributed by atoms with E-state index in [1.807, 2.05) is 0 Å². The van der Waals surface area contributed by atoms with Crippen molar-refractivity contribution in [3.63, 3.8) is 0 Å². The number of aromatic nitrogens is 1. The van der Waals surface area contributed by atoms with E-state index in [1.54, 1.807) is 12.1 Å². The maximum atomic E-state index is 11.2. The van der Waals surface area contributed by atoms with Crippen molar-refractivity contribution in [2.24, 2.45) is 5.41 Å². The minimum absolute atomic E-state index is 0.106. The first kappa shape index (κ1) is 14.5. The fourth-order valence-corrected chi connectivity index (χ4v) is 2.41. The van der Waals surface area contributed by atoms with Gasteiger partial charge in [0.2, 0.25) is 0 Å². The van der Waals surface area contributed by atoms with Gasteiger partial charge in [0.1, 0.15) is 0 Å². The Balaban J connectivity index is 2.17. The Labute approximate surface area is 117 Å². The third kappa shape index (κ3) is 3.33. The summed E-state index contributed by atoms with van der Waals surface area (Å²) in [6, 6.07) is 3.47. The summed E-state index contributed by atoms with van der Waals surface area (Å²) in [6.45, 7) is 6.12. The molecule has 0 unspecified atom stereocenters. The van der Waals surface area contributed by atoms with Crippen molar-refractivity contribution in [3.8, 4) is 0 Å². The Morgan fingerprint density at radius 2 is 2.10 bits per heavy atom. The molecule has 0 saturated heterocycles. The van der Waals surface area contributed by atoms with Gasteiger partial charge in [-0.2, -0.15) is 0 Å². The quantitative estimate of drug-likeness (QED) is 0.725. The first-order chi connectivity index (χ1) is 9.27. The van der Waals surface area contributed by atoms with Crippen LogP contribution in [0.4, 0.5) is 11.4 Å². The molecule has 110 valence electrons. The summed E-state index contributed by atoms with van der Waals surface area (Å²) in [5.41, 5.74) is 8.59. The zero-order valence-electron chi connectivity index (χ0n) is 12.4. The average Bonchev–Trinajstić information content (AvgIpc) is 2.63. The molecule has 1 heterocycles. The van der Waals surface area contributed by atoms with Crippen LogP contribution < -0.4 is 16.8 Å². The standard InChI is InChI=1S/C14H22N4O2/c1-14(2,8-18(3)4)7-16-10-6-11-12(5-9(10)15)20-13(19)17-11/h5-6,16H,7-8,15H2,1-4H3,(H,17,19). The van der Waals surface area contributed by atoms with Crippen LogP contribution in [0.1, 0.15) is 13.8 Å². The Hall–Kier alpha value is -1.95. The summed E-state index contributed by atoms with van der Waals surface area (Å²) in [5.74, 6) is -0.468. The Morgan fingerprint density at radius 1 is 1.40 bits per heavy atom. The van der Waals surface area contributed by atoms with Crippen LogP contribution in [0, 0.1) is 5.41 Å². The van der Waals surface area contributed by atoms with E-state index in [0.717, 1.165) is 18.8 Å². The van der Waals surface area contributed by atoms with Gasteiger partial charge in [0.05, 0.1) is 16.9 Å². The second-order valence-electron chi connectivity index (χ2n) is 6.21. The lowest BCUT2D eigenvalue weighted by Crippen LogP contribution is -2.34. The molecule has 0 spiro atoms. The average molecular weight is 278 g/mol. The predicted molar refractivity (Wildman–Crippen MR) is 82.1 cm³/mol. The lowest BCUT2D eigenvalue weighted by atomic mass is 9.93. The van der Waals surface area contributed by atoms with Gasteiger partial charge in [-0.3, -0.25) is 4.98 Å². The minimum atomic E-state index is -0.468. The van der Waals surface area contributed by atoms with Crippen molar-refractivity contribution < 1.29 is 4.42 Å². The largest absolute Gasteiger partial charge is 0.417 e. The number of hydrogen-bond donors (Lipinski definition) is 3. The monoisotopic (exact) mass is 278 g/mol. The topological polar surface area (TPSA) is 87.3 Å². The molecule has 2 rings (SSSR count). The molecule has 6 heteroatoms. The van der Waals surface area contributed by atoms with Crippen LogP contribution >= 0.6 is 0 Å². The molecule has 0 atom stereocenters. The van der Waals surface area contributed by atoms with E-state index in [-0.39, 0.29) is 5.41 Å². The molecule has 0 radical (unpaired) electrons. The highest BCUT2D eigenvalue weighted by Gasteiger charge is 2.19. The number of nitrogens with two attached hydrogens (primary N) is 1. The van der Waals surface area contributed by atoms with Crippen LogP contribution in [-0.4, -0.2) is 37.1 Å². The van der Waals surface area contributed by atoms with E-state index in [9.17, 15) is 4.79 Å². The summed E-state index contributed by atoms with van der Waals surface area (Å²) >= 11 is 0. The fraction of sp³-hybridized carbons (Fsp3) is 0.500. The summed E-state index contributed by atoms with van der Waals surface area (Å²) in [5, 5.41) is 3.34. The highest BCUT2D eigenvalue weighted by Crippen LogP contribution is 2.26. The first-order valence-electron chi connectivity index (χ1n) is 6.58. The molecule has 4 N–H and O–H groups in total. The predicted octanol–water partition coefficient (Wildman–Crippen LogP) is 1.70. The number of oxazole rings is 1. The molecular formula is C14H22N4O2. The number of nitrogens with one attached hydrogen (secondary N) is 2. The number of benzene rings is 1. The fourth-order valence-electron chi connectivity index (χ4n) is 2.41. The van der Waals surface area contributed by atoms with Crippen molar-refractivity contribution in [2.75, 3.05) is 38.2 Å². The van der Waals surface area contributed by atoms with E-state index in [0.29, 0.717) is 16.8 Å². The highest BCUT2D eigenvalue weighted by atomic mass is 16.4. The van der Waals surface area contributed by atoms with Crippen molar-refractivity contribution in [3.05, 3.63) is 22.7 Å². The van der Waals surface area contributed by atoms with Gasteiger partial charge in [0, 0.05) is 19.2 Å². The second-order valence-corrected chi connectivity index (χ2v) is 6.21. The van der Waals surface area contributed by atoms with Crippen LogP contribution in [0.15, 0.2) is 21.3 Å². The third-order valence-electron chi connectivity index (χ3n) is 3.09. The van der Waals surface area contributed by atoms with E-state index >= 15 is 0 Å². The van der Waals surface area contributed by atoms with Crippen molar-refractivity contribution in [1.82, 2.24) is 9.88 Å². The van der Waals surface area contributed by atoms with Crippen LogP contribution in [0.25, 0.3) is 11.1 Å². The van der Waals surface area contributed by atoms with Crippen molar-refractivity contribution in [2.45, 2.75) is 13.8 Å². The smallest absolute Gasteiger partial charge is 0.408 e. The molecule has 6 nitrogen and oxygen atoms in total. The van der Waals surface area contributed by atoms with E-state index in [4.69, 9.17) is 10.2 Å². The van der Waals surface area contributed by atoms with Gasteiger partial charge in [-0.25, -0.2) is 4.79 Å². The van der Waals surface area contributed by atoms with Gasteiger partial charge in [-0.1, -0.05) is 13.8 Å². The molecule has 1 aromatic heterocycles. The first-order valence-corrected chi connectivity index (χ1v) is 6.58. The summed E-state index contributed by atoms with van der Waals surface area (Å²) in [4.78, 5) is 15.9. The van der Waals surface area contributed by atoms with Gasteiger partial charge in [-0.05, 0) is 25.6 Å². The third-order valence-corrected chi connectivity index (χ3v) is 3.09. The van der Waals surface area contributed by atoms with Gasteiger partial charge >= 0.3 is 5.76 Å². The van der Waals surface area contributed by atoms with Crippen LogP contribution in [0.3, 0.4) is 0 Å². The number of fused-ring (bicyclic) bond motifs is 1. The summed E-state index contributed by atoms with van der Waals surface area (Å²) < 4.78 is 4.98. The maximum absolute atomic E-state index is 11.2. The minimum Gasteiger partial charge on any atom is -0.408 e. The maximum Gasteiger partial charge on any atom is 0.417 e. The number of nitrogen functional groups attached to an aromatic ring is 1. The zero-order chi connectivity index (χ0) is 14.9. The highest BCUT2D eigenvalue weighted by molar-refractivity contribution is 5.85. The summed E-state index contributed by atoms with van der Waals surface area (Å²) in [7, 11) is 4.11. The molecule has 0 amide bonds. The molecule has 1 aromatic carbocycles. The number of aromatic amines is 1. The normalized spacial score (nSPS) is 12.2. The van der Waals surface area contributed by atoms with E-state index < -0.39 is 5.76 Å². The van der Waals surface area contributed by atoms with Crippen LogP contribution in [0.5, 0.6) is 0 Å². The second kappa shape index (κ2) is 5.20. The van der Waals surface area contributed by atoms with Crippen LogP contribution in [-0.2, 0) is 0 Å². The SMILES string of the molecule is CN(C)CC(C)(C)CNc1cc2[nH]c(=O)oc2cc1N.